The number of fused-ring (bicyclic) bond motifs is 5. The molecule has 50 heavy (non-hydrogen) atoms. The first-order valence-electron chi connectivity index (χ1n) is 17.4. The fourth-order valence-electron chi connectivity index (χ4n) is 6.08. The lowest BCUT2D eigenvalue weighted by atomic mass is 9.95. The number of phenols is 1. The Morgan fingerprint density at radius 1 is 0.960 bits per heavy atom. The van der Waals surface area contributed by atoms with Gasteiger partial charge >= 0.3 is 0 Å². The maximum atomic E-state index is 14.1. The number of aliphatic hydroxyl groups is 1. The number of benzene rings is 2. The normalized spacial score (nSPS) is 19.5. The topological polar surface area (TPSA) is 196 Å². The number of carbonyl (C=O) groups is 4. The van der Waals surface area contributed by atoms with E-state index in [0.717, 1.165) is 36.1 Å². The molecule has 0 spiro atoms. The molecular weight excluding hydrogens is 640 g/mol. The summed E-state index contributed by atoms with van der Waals surface area (Å²) in [5, 5.41) is 42.1. The quantitative estimate of drug-likeness (QED) is 0.101. The van der Waals surface area contributed by atoms with Gasteiger partial charge in [-0.2, -0.15) is 0 Å². The molecule has 0 saturated heterocycles. The highest BCUT2D eigenvalue weighted by Crippen LogP contribution is 2.28. The second kappa shape index (κ2) is 20.6. The molecular formula is C36H56N8O6. The summed E-state index contributed by atoms with van der Waals surface area (Å²) in [5.74, 6) is -1.66. The van der Waals surface area contributed by atoms with Crippen LogP contribution in [-0.2, 0) is 32.0 Å². The zero-order valence-electron chi connectivity index (χ0n) is 30.0. The van der Waals surface area contributed by atoms with Crippen LogP contribution in [0.2, 0.25) is 0 Å². The van der Waals surface area contributed by atoms with Crippen LogP contribution in [0.4, 0.5) is 0 Å². The van der Waals surface area contributed by atoms with Gasteiger partial charge in [0.05, 0.1) is 12.1 Å². The zero-order chi connectivity index (χ0) is 36.6. The van der Waals surface area contributed by atoms with Crippen LogP contribution in [0.5, 0.6) is 5.75 Å². The molecule has 0 aromatic heterocycles. The summed E-state index contributed by atoms with van der Waals surface area (Å²) >= 11 is 0. The summed E-state index contributed by atoms with van der Waals surface area (Å²) in [6, 6.07) is 9.96. The van der Waals surface area contributed by atoms with Crippen LogP contribution in [0.15, 0.2) is 42.5 Å². The molecule has 0 fully saturated rings. The molecule has 4 amide bonds. The molecule has 9 N–H and O–H groups in total. The van der Waals surface area contributed by atoms with Crippen molar-refractivity contribution in [3.05, 3.63) is 53.6 Å². The second-order valence-electron chi connectivity index (χ2n) is 12.8. The van der Waals surface area contributed by atoms with Gasteiger partial charge in [0.1, 0.15) is 17.8 Å². The third kappa shape index (κ3) is 12.1. The van der Waals surface area contributed by atoms with Crippen molar-refractivity contribution in [1.29, 1.82) is 0 Å². The number of likely N-dealkylation sites (N-methyl/N-ethyl adjacent to an activating group) is 4. The number of aliphatic hydroxyl groups excluding tert-OH is 1. The molecule has 1 aliphatic rings. The predicted octanol–water partition coefficient (Wildman–Crippen LogP) is -0.762. The lowest BCUT2D eigenvalue weighted by molar-refractivity contribution is -0.142. The van der Waals surface area contributed by atoms with Gasteiger partial charge < -0.3 is 52.3 Å². The molecule has 1 heterocycles. The summed E-state index contributed by atoms with van der Waals surface area (Å²) in [6.45, 7) is 1.60. The van der Waals surface area contributed by atoms with Gasteiger partial charge in [-0.05, 0) is 82.0 Å². The number of phenolic OH excluding ortho intramolecular Hbond substituents is 1. The van der Waals surface area contributed by atoms with Gasteiger partial charge in [-0.25, -0.2) is 0 Å². The number of nitrogens with one attached hydrogen (secondary N) is 7. The zero-order valence-corrected chi connectivity index (χ0v) is 30.0. The third-order valence-electron chi connectivity index (χ3n) is 9.12. The summed E-state index contributed by atoms with van der Waals surface area (Å²) in [5.41, 5.74) is 2.98. The molecule has 4 bridgehead atoms. The molecule has 276 valence electrons. The smallest absolute Gasteiger partial charge is 0.245 e. The number of nitrogens with zero attached hydrogens (tertiary/aromatic N) is 1. The molecule has 0 unspecified atom stereocenters. The lowest BCUT2D eigenvalue weighted by Gasteiger charge is -2.32. The number of hydrogen-bond acceptors (Lipinski definition) is 10. The summed E-state index contributed by atoms with van der Waals surface area (Å²) in [4.78, 5) is 55.5. The molecule has 2 aromatic rings. The van der Waals surface area contributed by atoms with E-state index in [0.29, 0.717) is 12.1 Å². The average molecular weight is 697 g/mol. The standard InChI is InChI=1S/C36H56N8O6/c1-37-14-7-10-27(39-3)21-42-33(47)13-15-41-35(49)31-17-23-8-6-9-24(16-23)25-11-12-32(46)26(18-25)19-29(40-4)34(48)43-30(36(50)44(31)5)20-28(45)22-38-2/h6,8-9,11-12,16,18,27-31,37-40,45-46H,7,10,13-15,17,19-22H2,1-5H3,(H,41,49)(H,42,47)(H,43,48)/t27-,28+,29-,30-,31-/m0/s1. The van der Waals surface area contributed by atoms with Crippen molar-refractivity contribution in [2.75, 3.05) is 61.4 Å². The molecule has 14 nitrogen and oxygen atoms in total. The van der Waals surface area contributed by atoms with Crippen molar-refractivity contribution in [2.45, 2.75) is 68.8 Å². The maximum Gasteiger partial charge on any atom is 0.245 e. The van der Waals surface area contributed by atoms with Crippen LogP contribution >= 0.6 is 0 Å². The third-order valence-corrected chi connectivity index (χ3v) is 9.12. The van der Waals surface area contributed by atoms with E-state index >= 15 is 0 Å². The van der Waals surface area contributed by atoms with Gasteiger partial charge in [0.15, 0.2) is 0 Å². The van der Waals surface area contributed by atoms with E-state index in [-0.39, 0.29) is 56.5 Å². The number of amides is 4. The molecule has 5 atom stereocenters. The molecule has 14 heteroatoms. The van der Waals surface area contributed by atoms with Crippen molar-refractivity contribution >= 4 is 23.6 Å². The number of rotatable bonds is 16. The van der Waals surface area contributed by atoms with Gasteiger partial charge in [-0.3, -0.25) is 19.2 Å². The first kappa shape index (κ1) is 40.4. The second-order valence-corrected chi connectivity index (χ2v) is 12.8. The van der Waals surface area contributed by atoms with Crippen molar-refractivity contribution in [3.63, 3.8) is 0 Å². The van der Waals surface area contributed by atoms with Gasteiger partial charge in [0.25, 0.3) is 0 Å². The highest BCUT2D eigenvalue weighted by molar-refractivity contribution is 5.93. The highest BCUT2D eigenvalue weighted by atomic mass is 16.3. The van der Waals surface area contributed by atoms with Crippen molar-refractivity contribution in [2.24, 2.45) is 0 Å². The van der Waals surface area contributed by atoms with Gasteiger partial charge in [-0.15, -0.1) is 0 Å². The van der Waals surface area contributed by atoms with Crippen molar-refractivity contribution in [1.82, 2.24) is 42.1 Å². The van der Waals surface area contributed by atoms with E-state index in [1.165, 1.54) is 11.9 Å². The summed E-state index contributed by atoms with van der Waals surface area (Å²) < 4.78 is 0. The van der Waals surface area contributed by atoms with E-state index < -0.39 is 42.0 Å². The minimum absolute atomic E-state index is 0.0378. The molecule has 1 aliphatic heterocycles. The number of aromatic hydroxyl groups is 1. The SMILES string of the molecule is CNCCC[C@@H](CNC(=O)CCNC(=O)[C@@H]1Cc2cccc(c2)-c2ccc(O)c(c2)C[C@H](NC)C(=O)N[C@@H](C[C@@H](O)CNC)C(=O)N1C)NC. The van der Waals surface area contributed by atoms with Crippen molar-refractivity contribution in [3.8, 4) is 16.9 Å². The number of carbonyl (C=O) groups excluding carboxylic acids is 4. The molecule has 2 aromatic carbocycles. The Morgan fingerprint density at radius 3 is 2.42 bits per heavy atom. The molecule has 0 aliphatic carbocycles. The lowest BCUT2D eigenvalue weighted by Crippen LogP contribution is -2.58. The Balaban J connectivity index is 1.89. The monoisotopic (exact) mass is 696 g/mol. The average Bonchev–Trinajstić information content (AvgIpc) is 3.10. The Hall–Kier alpha value is -4.08. The van der Waals surface area contributed by atoms with Crippen LogP contribution in [0.25, 0.3) is 11.1 Å². The van der Waals surface area contributed by atoms with Crippen LogP contribution in [0.1, 0.15) is 36.8 Å². The molecule has 3 rings (SSSR count). The fraction of sp³-hybridized carbons (Fsp3) is 0.556. The van der Waals surface area contributed by atoms with E-state index in [2.05, 4.69) is 37.2 Å². The first-order valence-corrected chi connectivity index (χ1v) is 17.4. The van der Waals surface area contributed by atoms with E-state index in [4.69, 9.17) is 0 Å². The Bertz CT molecular complexity index is 1420. The fourth-order valence-corrected chi connectivity index (χ4v) is 6.08. The number of hydrogen-bond donors (Lipinski definition) is 9. The van der Waals surface area contributed by atoms with Crippen LogP contribution in [0.3, 0.4) is 0 Å². The highest BCUT2D eigenvalue weighted by Gasteiger charge is 2.35. The van der Waals surface area contributed by atoms with E-state index in [9.17, 15) is 29.4 Å². The van der Waals surface area contributed by atoms with Gasteiger partial charge in [0, 0.05) is 58.4 Å². The first-order chi connectivity index (χ1) is 24.0. The maximum absolute atomic E-state index is 14.1. The van der Waals surface area contributed by atoms with Gasteiger partial charge in [-0.1, -0.05) is 30.3 Å². The predicted molar refractivity (Wildman–Crippen MR) is 193 cm³/mol. The van der Waals surface area contributed by atoms with E-state index in [1.807, 2.05) is 44.4 Å². The minimum atomic E-state index is -1.16. The summed E-state index contributed by atoms with van der Waals surface area (Å²) in [6.07, 6.45) is 1.15. The van der Waals surface area contributed by atoms with Crippen LogP contribution in [0, 0.1) is 0 Å². The van der Waals surface area contributed by atoms with Crippen LogP contribution in [-0.4, -0.2) is 130 Å². The Kier molecular flexibility index (Phi) is 16.6. The molecule has 0 saturated carbocycles. The Labute approximate surface area is 295 Å². The van der Waals surface area contributed by atoms with Crippen molar-refractivity contribution < 1.29 is 29.4 Å². The Morgan fingerprint density at radius 2 is 1.72 bits per heavy atom. The van der Waals surface area contributed by atoms with Gasteiger partial charge in [0.2, 0.25) is 23.6 Å². The minimum Gasteiger partial charge on any atom is -0.508 e. The molecule has 0 radical (unpaired) electrons. The summed E-state index contributed by atoms with van der Waals surface area (Å²) in [7, 11) is 8.55. The largest absolute Gasteiger partial charge is 0.508 e. The van der Waals surface area contributed by atoms with E-state index in [1.54, 1.807) is 26.2 Å². The van der Waals surface area contributed by atoms with Crippen LogP contribution < -0.4 is 37.2 Å².